The first kappa shape index (κ1) is 17.5. The summed E-state index contributed by atoms with van der Waals surface area (Å²) in [6.45, 7) is 2.02. The molecule has 0 aliphatic heterocycles. The van der Waals surface area contributed by atoms with Crippen molar-refractivity contribution < 1.29 is 19.7 Å². The maximum Gasteiger partial charge on any atom is 0.407 e. The molecule has 1 unspecified atom stereocenters. The first-order valence-electron chi connectivity index (χ1n) is 7.41. The van der Waals surface area contributed by atoms with Gasteiger partial charge in [0.1, 0.15) is 6.61 Å². The van der Waals surface area contributed by atoms with Gasteiger partial charge in [-0.25, -0.2) is 4.79 Å². The van der Waals surface area contributed by atoms with Gasteiger partial charge in [0, 0.05) is 6.04 Å². The van der Waals surface area contributed by atoms with E-state index in [9.17, 15) is 9.90 Å². The summed E-state index contributed by atoms with van der Waals surface area (Å²) < 4.78 is 5.18. The Balaban J connectivity index is 2.34. The molecule has 0 fully saturated rings. The van der Waals surface area contributed by atoms with Crippen LogP contribution in [0.25, 0.3) is 0 Å². The van der Waals surface area contributed by atoms with E-state index in [1.165, 1.54) is 0 Å². The predicted octanol–water partition coefficient (Wildman–Crippen LogP) is 2.21. The summed E-state index contributed by atoms with van der Waals surface area (Å²) in [5, 5.41) is 21.0. The molecule has 0 saturated carbocycles. The zero-order valence-electron chi connectivity index (χ0n) is 12.5. The topological polar surface area (TPSA) is 78.8 Å². The molecule has 0 radical (unpaired) electrons. The zero-order valence-corrected chi connectivity index (χ0v) is 12.5. The molecule has 1 rings (SSSR count). The van der Waals surface area contributed by atoms with Crippen LogP contribution in [0.1, 0.15) is 38.2 Å². The third-order valence-corrected chi connectivity index (χ3v) is 3.23. The largest absolute Gasteiger partial charge is 0.445 e. The van der Waals surface area contributed by atoms with Crippen molar-refractivity contribution in [2.24, 2.45) is 0 Å². The van der Waals surface area contributed by atoms with Crippen LogP contribution in [0.5, 0.6) is 0 Å². The Morgan fingerprint density at radius 1 is 1.24 bits per heavy atom. The molecule has 1 aromatic carbocycles. The molecule has 0 aliphatic rings. The van der Waals surface area contributed by atoms with Gasteiger partial charge in [-0.3, -0.25) is 0 Å². The molecule has 118 valence electrons. The first-order valence-corrected chi connectivity index (χ1v) is 7.41. The average Bonchev–Trinajstić information content (AvgIpc) is 2.51. The number of carbonyl (C=O) groups excluding carboxylic acids is 1. The van der Waals surface area contributed by atoms with Crippen molar-refractivity contribution in [2.45, 2.75) is 51.4 Å². The fourth-order valence-electron chi connectivity index (χ4n) is 2.05. The van der Waals surface area contributed by atoms with Crippen LogP contribution in [0.15, 0.2) is 30.3 Å². The molecule has 0 saturated heterocycles. The standard InChI is InChI=1S/C16H25NO4/c1-2-6-14(9-10-15(19)11-18)17-16(20)21-12-13-7-4-3-5-8-13/h3-5,7-8,14-15,18-19H,2,6,9-12H2,1H3,(H,17,20)/t14-,15?/m0/s1. The Hall–Kier alpha value is -1.59. The van der Waals surface area contributed by atoms with E-state index in [2.05, 4.69) is 5.32 Å². The lowest BCUT2D eigenvalue weighted by Gasteiger charge is -2.19. The van der Waals surface area contributed by atoms with Gasteiger partial charge in [-0.05, 0) is 24.8 Å². The fraction of sp³-hybridized carbons (Fsp3) is 0.562. The summed E-state index contributed by atoms with van der Waals surface area (Å²) in [5.41, 5.74) is 0.940. The molecule has 0 bridgehead atoms. The monoisotopic (exact) mass is 295 g/mol. The highest BCUT2D eigenvalue weighted by molar-refractivity contribution is 5.67. The number of aliphatic hydroxyl groups excluding tert-OH is 2. The Labute approximate surface area is 125 Å². The summed E-state index contributed by atoms with van der Waals surface area (Å²) in [4.78, 5) is 11.8. The highest BCUT2D eigenvalue weighted by atomic mass is 16.5. The van der Waals surface area contributed by atoms with Crippen LogP contribution in [-0.4, -0.2) is 35.1 Å². The minimum absolute atomic E-state index is 0.0422. The average molecular weight is 295 g/mol. The number of ether oxygens (including phenoxy) is 1. The maximum absolute atomic E-state index is 11.8. The van der Waals surface area contributed by atoms with Gasteiger partial charge in [-0.15, -0.1) is 0 Å². The lowest BCUT2D eigenvalue weighted by molar-refractivity contribution is 0.0825. The van der Waals surface area contributed by atoms with Gasteiger partial charge in [0.15, 0.2) is 0 Å². The summed E-state index contributed by atoms with van der Waals surface area (Å²) >= 11 is 0. The van der Waals surface area contributed by atoms with Gasteiger partial charge < -0.3 is 20.3 Å². The van der Waals surface area contributed by atoms with Crippen LogP contribution >= 0.6 is 0 Å². The van der Waals surface area contributed by atoms with Crippen molar-refractivity contribution in [3.63, 3.8) is 0 Å². The second-order valence-corrected chi connectivity index (χ2v) is 5.11. The Morgan fingerprint density at radius 2 is 1.95 bits per heavy atom. The lowest BCUT2D eigenvalue weighted by atomic mass is 10.0. The second kappa shape index (κ2) is 10.2. The minimum Gasteiger partial charge on any atom is -0.445 e. The van der Waals surface area contributed by atoms with Crippen molar-refractivity contribution in [2.75, 3.05) is 6.61 Å². The smallest absolute Gasteiger partial charge is 0.407 e. The predicted molar refractivity (Wildman–Crippen MR) is 80.8 cm³/mol. The summed E-state index contributed by atoms with van der Waals surface area (Å²) in [6.07, 6.45) is 1.65. The van der Waals surface area contributed by atoms with E-state index in [1.54, 1.807) is 0 Å². The van der Waals surface area contributed by atoms with E-state index in [0.29, 0.717) is 12.8 Å². The molecule has 1 aromatic rings. The number of aliphatic hydroxyl groups is 2. The lowest BCUT2D eigenvalue weighted by Crippen LogP contribution is -2.36. The van der Waals surface area contributed by atoms with E-state index in [0.717, 1.165) is 18.4 Å². The van der Waals surface area contributed by atoms with Gasteiger partial charge >= 0.3 is 6.09 Å². The van der Waals surface area contributed by atoms with Gasteiger partial charge in [0.2, 0.25) is 0 Å². The quantitative estimate of drug-likeness (QED) is 0.652. The highest BCUT2D eigenvalue weighted by Gasteiger charge is 2.14. The van der Waals surface area contributed by atoms with Crippen LogP contribution in [0.3, 0.4) is 0 Å². The van der Waals surface area contributed by atoms with E-state index >= 15 is 0 Å². The van der Waals surface area contributed by atoms with Crippen LogP contribution < -0.4 is 5.32 Å². The molecular formula is C16H25NO4. The van der Waals surface area contributed by atoms with Crippen molar-refractivity contribution in [1.29, 1.82) is 0 Å². The van der Waals surface area contributed by atoms with Gasteiger partial charge in [0.05, 0.1) is 12.7 Å². The van der Waals surface area contributed by atoms with Crippen LogP contribution in [0.2, 0.25) is 0 Å². The Morgan fingerprint density at radius 3 is 2.57 bits per heavy atom. The van der Waals surface area contributed by atoms with Crippen LogP contribution in [-0.2, 0) is 11.3 Å². The van der Waals surface area contributed by atoms with E-state index in [1.807, 2.05) is 37.3 Å². The summed E-state index contributed by atoms with van der Waals surface area (Å²) in [7, 11) is 0. The molecular weight excluding hydrogens is 270 g/mol. The SMILES string of the molecule is CCC[C@@H](CCC(O)CO)NC(=O)OCc1ccccc1. The molecule has 0 heterocycles. The van der Waals surface area contributed by atoms with Crippen LogP contribution in [0, 0.1) is 0 Å². The molecule has 2 atom stereocenters. The molecule has 3 N–H and O–H groups in total. The van der Waals surface area contributed by atoms with Gasteiger partial charge in [0.25, 0.3) is 0 Å². The number of amides is 1. The van der Waals surface area contributed by atoms with Crippen LogP contribution in [0.4, 0.5) is 4.79 Å². The Kier molecular flexibility index (Phi) is 8.47. The normalized spacial score (nSPS) is 13.5. The second-order valence-electron chi connectivity index (χ2n) is 5.11. The molecule has 0 spiro atoms. The molecule has 5 heteroatoms. The van der Waals surface area contributed by atoms with E-state index in [4.69, 9.17) is 9.84 Å². The number of benzene rings is 1. The van der Waals surface area contributed by atoms with Crippen molar-refractivity contribution in [3.05, 3.63) is 35.9 Å². The van der Waals surface area contributed by atoms with Gasteiger partial charge in [-0.2, -0.15) is 0 Å². The third kappa shape index (κ3) is 7.68. The summed E-state index contributed by atoms with van der Waals surface area (Å²) in [6, 6.07) is 9.45. The number of nitrogens with one attached hydrogen (secondary N) is 1. The number of carbonyl (C=O) groups is 1. The fourth-order valence-corrected chi connectivity index (χ4v) is 2.05. The maximum atomic E-state index is 11.8. The molecule has 0 aromatic heterocycles. The third-order valence-electron chi connectivity index (χ3n) is 3.23. The van der Waals surface area contributed by atoms with Crippen molar-refractivity contribution >= 4 is 6.09 Å². The number of alkyl carbamates (subject to hydrolysis) is 1. The number of hydrogen-bond acceptors (Lipinski definition) is 4. The number of hydrogen-bond donors (Lipinski definition) is 3. The minimum atomic E-state index is -0.730. The van der Waals surface area contributed by atoms with Crippen molar-refractivity contribution in [3.8, 4) is 0 Å². The highest BCUT2D eigenvalue weighted by Crippen LogP contribution is 2.08. The summed E-state index contributed by atoms with van der Waals surface area (Å²) in [5.74, 6) is 0. The molecule has 5 nitrogen and oxygen atoms in total. The molecule has 21 heavy (non-hydrogen) atoms. The zero-order chi connectivity index (χ0) is 15.5. The van der Waals surface area contributed by atoms with E-state index in [-0.39, 0.29) is 19.3 Å². The first-order chi connectivity index (χ1) is 10.2. The number of rotatable bonds is 9. The Bertz CT molecular complexity index is 397. The molecule has 0 aliphatic carbocycles. The van der Waals surface area contributed by atoms with Crippen molar-refractivity contribution in [1.82, 2.24) is 5.32 Å². The molecule has 1 amide bonds. The van der Waals surface area contributed by atoms with E-state index < -0.39 is 12.2 Å². The van der Waals surface area contributed by atoms with Gasteiger partial charge in [-0.1, -0.05) is 43.7 Å².